The van der Waals surface area contributed by atoms with Gasteiger partial charge in [-0.05, 0) is 55.4 Å². The number of rotatable bonds is 7. The topological polar surface area (TPSA) is 61.4 Å². The molecule has 4 heteroatoms. The molecule has 21 heavy (non-hydrogen) atoms. The molecule has 0 aliphatic rings. The molecule has 0 fully saturated rings. The molecule has 2 unspecified atom stereocenters. The van der Waals surface area contributed by atoms with Gasteiger partial charge in [0.2, 0.25) is 0 Å². The molecule has 4 nitrogen and oxygen atoms in total. The van der Waals surface area contributed by atoms with Crippen LogP contribution >= 0.6 is 0 Å². The van der Waals surface area contributed by atoms with Crippen molar-refractivity contribution in [3.05, 3.63) is 29.3 Å². The molecule has 0 radical (unpaired) electrons. The minimum absolute atomic E-state index is 0.196. The smallest absolute Gasteiger partial charge is 0.319 e. The van der Waals surface area contributed by atoms with Gasteiger partial charge in [-0.3, -0.25) is 0 Å². The van der Waals surface area contributed by atoms with Gasteiger partial charge in [-0.15, -0.1) is 0 Å². The van der Waals surface area contributed by atoms with Crippen LogP contribution in [0.1, 0.15) is 45.2 Å². The predicted octanol–water partition coefficient (Wildman–Crippen LogP) is 3.34. The predicted molar refractivity (Wildman–Crippen MR) is 87.7 cm³/mol. The zero-order valence-electron chi connectivity index (χ0n) is 13.6. The fraction of sp³-hybridized carbons (Fsp3) is 0.588. The third-order valence-corrected chi connectivity index (χ3v) is 3.58. The van der Waals surface area contributed by atoms with Crippen LogP contribution in [0.5, 0.6) is 0 Å². The highest BCUT2D eigenvalue weighted by Gasteiger charge is 2.09. The summed E-state index contributed by atoms with van der Waals surface area (Å²) in [6, 6.07) is 5.86. The van der Waals surface area contributed by atoms with Crippen molar-refractivity contribution in [2.75, 3.05) is 11.9 Å². The first-order valence-electron chi connectivity index (χ1n) is 7.80. The van der Waals surface area contributed by atoms with E-state index in [1.54, 1.807) is 6.92 Å². The lowest BCUT2D eigenvalue weighted by atomic mass is 10.0. The summed E-state index contributed by atoms with van der Waals surface area (Å²) in [5, 5.41) is 15.0. The summed E-state index contributed by atoms with van der Waals surface area (Å²) in [6.07, 6.45) is 2.32. The van der Waals surface area contributed by atoms with Crippen LogP contribution in [0, 0.1) is 5.92 Å². The second-order valence-electron chi connectivity index (χ2n) is 5.72. The zero-order chi connectivity index (χ0) is 15.8. The number of carbonyl (C=O) groups excluding carboxylic acids is 1. The van der Waals surface area contributed by atoms with Crippen molar-refractivity contribution in [2.24, 2.45) is 5.92 Å². The number of aliphatic hydroxyl groups is 1. The molecule has 0 aliphatic heterocycles. The largest absolute Gasteiger partial charge is 0.393 e. The number of benzene rings is 1. The van der Waals surface area contributed by atoms with E-state index in [9.17, 15) is 9.90 Å². The number of aliphatic hydroxyl groups excluding tert-OH is 1. The Bertz CT molecular complexity index is 458. The molecule has 0 aliphatic carbocycles. The van der Waals surface area contributed by atoms with Crippen molar-refractivity contribution in [2.45, 2.75) is 53.1 Å². The number of nitrogens with one attached hydrogen (secondary N) is 2. The van der Waals surface area contributed by atoms with Gasteiger partial charge in [0, 0.05) is 12.2 Å². The Morgan fingerprint density at radius 2 is 1.86 bits per heavy atom. The molecule has 0 bridgehead atoms. The van der Waals surface area contributed by atoms with E-state index in [2.05, 4.69) is 30.5 Å². The van der Waals surface area contributed by atoms with Crippen LogP contribution in [0.2, 0.25) is 0 Å². The molecule has 1 aromatic rings. The second-order valence-corrected chi connectivity index (χ2v) is 5.72. The molecule has 118 valence electrons. The van der Waals surface area contributed by atoms with E-state index in [1.165, 1.54) is 11.1 Å². The van der Waals surface area contributed by atoms with Crippen molar-refractivity contribution in [1.29, 1.82) is 0 Å². The highest BCUT2D eigenvalue weighted by Crippen LogP contribution is 2.17. The lowest BCUT2D eigenvalue weighted by Crippen LogP contribution is -2.33. The number of amides is 2. The Hall–Kier alpha value is -1.55. The lowest BCUT2D eigenvalue weighted by molar-refractivity contribution is 0.163. The quantitative estimate of drug-likeness (QED) is 0.722. The molecule has 3 N–H and O–H groups in total. The summed E-state index contributed by atoms with van der Waals surface area (Å²) in [5.41, 5.74) is 3.43. The van der Waals surface area contributed by atoms with Gasteiger partial charge in [0.1, 0.15) is 0 Å². The van der Waals surface area contributed by atoms with Crippen LogP contribution in [-0.2, 0) is 12.8 Å². The number of aryl methyl sites for hydroxylation is 2. The lowest BCUT2D eigenvalue weighted by Gasteiger charge is -2.15. The summed E-state index contributed by atoms with van der Waals surface area (Å²) in [5.74, 6) is 0.254. The van der Waals surface area contributed by atoms with Crippen molar-refractivity contribution >= 4 is 11.7 Å². The summed E-state index contributed by atoms with van der Waals surface area (Å²) in [6.45, 7) is 8.59. The van der Waals surface area contributed by atoms with Crippen LogP contribution in [0.4, 0.5) is 10.5 Å². The summed E-state index contributed by atoms with van der Waals surface area (Å²) in [7, 11) is 0. The van der Waals surface area contributed by atoms with Gasteiger partial charge in [-0.2, -0.15) is 0 Å². The molecule has 2 atom stereocenters. The third kappa shape index (κ3) is 6.17. The summed E-state index contributed by atoms with van der Waals surface area (Å²) < 4.78 is 0. The van der Waals surface area contributed by atoms with Gasteiger partial charge in [0.15, 0.2) is 0 Å². The maximum absolute atomic E-state index is 11.9. The van der Waals surface area contributed by atoms with E-state index < -0.39 is 0 Å². The molecule has 2 amide bonds. The number of hydrogen-bond acceptors (Lipinski definition) is 2. The monoisotopic (exact) mass is 292 g/mol. The summed E-state index contributed by atoms with van der Waals surface area (Å²) in [4.78, 5) is 11.9. The average molecular weight is 292 g/mol. The number of carbonyl (C=O) groups is 1. The van der Waals surface area contributed by atoms with Crippen molar-refractivity contribution < 1.29 is 9.90 Å². The molecular weight excluding hydrogens is 264 g/mol. The molecule has 0 aromatic heterocycles. The highest BCUT2D eigenvalue weighted by molar-refractivity contribution is 5.89. The summed E-state index contributed by atoms with van der Waals surface area (Å²) >= 11 is 0. The molecule has 0 spiro atoms. The fourth-order valence-electron chi connectivity index (χ4n) is 2.49. The van der Waals surface area contributed by atoms with Crippen molar-refractivity contribution in [3.63, 3.8) is 0 Å². The Morgan fingerprint density at radius 1 is 1.19 bits per heavy atom. The average Bonchev–Trinajstić information content (AvgIpc) is 2.44. The molecular formula is C17H28N2O2. The third-order valence-electron chi connectivity index (χ3n) is 3.58. The molecule has 1 aromatic carbocycles. The standard InChI is InChI=1S/C17H28N2O2/c1-5-14-7-8-16(10-15(14)6-2)19-17(21)18-11-12(3)9-13(4)20/h7-8,10,12-13,20H,5-6,9,11H2,1-4H3,(H2,18,19,21). The van der Waals surface area contributed by atoms with Gasteiger partial charge in [0.25, 0.3) is 0 Å². The van der Waals surface area contributed by atoms with E-state index in [1.807, 2.05) is 19.1 Å². The van der Waals surface area contributed by atoms with Crippen LogP contribution < -0.4 is 10.6 Å². The minimum Gasteiger partial charge on any atom is -0.393 e. The molecule has 0 saturated carbocycles. The van der Waals surface area contributed by atoms with Crippen molar-refractivity contribution in [3.8, 4) is 0 Å². The Balaban J connectivity index is 2.51. The maximum Gasteiger partial charge on any atom is 0.319 e. The SMILES string of the molecule is CCc1ccc(NC(=O)NCC(C)CC(C)O)cc1CC. The molecule has 1 rings (SSSR count). The van der Waals surface area contributed by atoms with E-state index in [-0.39, 0.29) is 18.1 Å². The number of anilines is 1. The maximum atomic E-state index is 11.9. The number of hydrogen-bond donors (Lipinski definition) is 3. The van der Waals surface area contributed by atoms with Crippen LogP contribution in [0.3, 0.4) is 0 Å². The first-order valence-corrected chi connectivity index (χ1v) is 7.80. The van der Waals surface area contributed by atoms with E-state index in [0.717, 1.165) is 18.5 Å². The first-order chi connectivity index (χ1) is 9.96. The van der Waals surface area contributed by atoms with Gasteiger partial charge in [-0.25, -0.2) is 4.79 Å². The normalized spacial score (nSPS) is 13.6. The van der Waals surface area contributed by atoms with Crippen LogP contribution in [0.15, 0.2) is 18.2 Å². The Kier molecular flexibility index (Phi) is 7.23. The number of urea groups is 1. The Morgan fingerprint density at radius 3 is 2.43 bits per heavy atom. The fourth-order valence-corrected chi connectivity index (χ4v) is 2.49. The highest BCUT2D eigenvalue weighted by atomic mass is 16.3. The van der Waals surface area contributed by atoms with Gasteiger partial charge in [0.05, 0.1) is 6.10 Å². The van der Waals surface area contributed by atoms with E-state index in [0.29, 0.717) is 13.0 Å². The molecule has 0 heterocycles. The van der Waals surface area contributed by atoms with Gasteiger partial charge in [-0.1, -0.05) is 26.8 Å². The van der Waals surface area contributed by atoms with Crippen LogP contribution in [-0.4, -0.2) is 23.8 Å². The Labute approximate surface area is 128 Å². The molecule has 0 saturated heterocycles. The van der Waals surface area contributed by atoms with E-state index in [4.69, 9.17) is 0 Å². The first kappa shape index (κ1) is 17.5. The van der Waals surface area contributed by atoms with Gasteiger partial charge < -0.3 is 15.7 Å². The van der Waals surface area contributed by atoms with E-state index >= 15 is 0 Å². The second kappa shape index (κ2) is 8.67. The zero-order valence-corrected chi connectivity index (χ0v) is 13.6. The minimum atomic E-state index is -0.335. The van der Waals surface area contributed by atoms with Crippen molar-refractivity contribution in [1.82, 2.24) is 5.32 Å². The van der Waals surface area contributed by atoms with Crippen LogP contribution in [0.25, 0.3) is 0 Å². The van der Waals surface area contributed by atoms with Gasteiger partial charge >= 0.3 is 6.03 Å².